The van der Waals surface area contributed by atoms with E-state index in [2.05, 4.69) is 0 Å². The van der Waals surface area contributed by atoms with Gasteiger partial charge in [-0.05, 0) is 24.6 Å². The first-order valence-electron chi connectivity index (χ1n) is 3.66. The summed E-state index contributed by atoms with van der Waals surface area (Å²) in [4.78, 5) is 0. The van der Waals surface area contributed by atoms with Crippen LogP contribution in [0.15, 0.2) is 18.2 Å². The SMILES string of the molecule is COc1ccc(C(C)O)c(Cl)c1. The molecule has 0 saturated heterocycles. The molecule has 1 atom stereocenters. The molecule has 2 nitrogen and oxygen atoms in total. The molecule has 3 heteroatoms. The van der Waals surface area contributed by atoms with Gasteiger partial charge in [0.2, 0.25) is 0 Å². The number of rotatable bonds is 2. The van der Waals surface area contributed by atoms with Crippen molar-refractivity contribution < 1.29 is 9.84 Å². The molecule has 0 aromatic heterocycles. The van der Waals surface area contributed by atoms with E-state index >= 15 is 0 Å². The molecule has 1 aromatic rings. The Morgan fingerprint density at radius 3 is 2.58 bits per heavy atom. The highest BCUT2D eigenvalue weighted by atomic mass is 35.5. The molecule has 0 heterocycles. The fraction of sp³-hybridized carbons (Fsp3) is 0.333. The van der Waals surface area contributed by atoms with Gasteiger partial charge in [-0.2, -0.15) is 0 Å². The second-order valence-corrected chi connectivity index (χ2v) is 2.97. The van der Waals surface area contributed by atoms with Crippen LogP contribution in [-0.2, 0) is 0 Å². The number of aliphatic hydroxyl groups is 1. The predicted octanol–water partition coefficient (Wildman–Crippen LogP) is 2.40. The first kappa shape index (κ1) is 9.36. The molecule has 0 fully saturated rings. The zero-order valence-electron chi connectivity index (χ0n) is 7.04. The van der Waals surface area contributed by atoms with E-state index in [4.69, 9.17) is 16.3 Å². The Morgan fingerprint density at radius 2 is 2.17 bits per heavy atom. The minimum atomic E-state index is -0.539. The van der Waals surface area contributed by atoms with Gasteiger partial charge in [-0.25, -0.2) is 0 Å². The second kappa shape index (κ2) is 3.78. The van der Waals surface area contributed by atoms with E-state index in [-0.39, 0.29) is 0 Å². The van der Waals surface area contributed by atoms with Crippen molar-refractivity contribution in [2.75, 3.05) is 7.11 Å². The van der Waals surface area contributed by atoms with E-state index in [0.717, 1.165) is 5.56 Å². The fourth-order valence-electron chi connectivity index (χ4n) is 0.974. The molecule has 0 spiro atoms. The molecule has 1 rings (SSSR count). The molecule has 0 aliphatic heterocycles. The van der Waals surface area contributed by atoms with Crippen LogP contribution in [0.4, 0.5) is 0 Å². The monoisotopic (exact) mass is 186 g/mol. The van der Waals surface area contributed by atoms with Crippen molar-refractivity contribution in [2.45, 2.75) is 13.0 Å². The summed E-state index contributed by atoms with van der Waals surface area (Å²) in [6.07, 6.45) is -0.539. The van der Waals surface area contributed by atoms with Gasteiger partial charge in [0, 0.05) is 0 Å². The number of ether oxygens (including phenoxy) is 1. The minimum absolute atomic E-state index is 0.532. The van der Waals surface area contributed by atoms with Gasteiger partial charge in [0.1, 0.15) is 5.75 Å². The quantitative estimate of drug-likeness (QED) is 0.769. The molecule has 12 heavy (non-hydrogen) atoms. The largest absolute Gasteiger partial charge is 0.497 e. The highest BCUT2D eigenvalue weighted by Crippen LogP contribution is 2.26. The maximum atomic E-state index is 9.24. The zero-order chi connectivity index (χ0) is 9.14. The Balaban J connectivity index is 3.03. The Bertz CT molecular complexity index is 271. The Kier molecular flexibility index (Phi) is 2.95. The number of aliphatic hydroxyl groups excluding tert-OH is 1. The standard InChI is InChI=1S/C9H11ClO2/c1-6(11)8-4-3-7(12-2)5-9(8)10/h3-6,11H,1-2H3. The van der Waals surface area contributed by atoms with Crippen molar-refractivity contribution in [1.29, 1.82) is 0 Å². The predicted molar refractivity (Wildman–Crippen MR) is 48.6 cm³/mol. The first-order chi connectivity index (χ1) is 5.65. The Morgan fingerprint density at radius 1 is 1.50 bits per heavy atom. The van der Waals surface area contributed by atoms with Gasteiger partial charge in [0.25, 0.3) is 0 Å². The summed E-state index contributed by atoms with van der Waals surface area (Å²) >= 11 is 5.86. The van der Waals surface area contributed by atoms with Crippen LogP contribution in [0.5, 0.6) is 5.75 Å². The topological polar surface area (TPSA) is 29.5 Å². The van der Waals surface area contributed by atoms with E-state index in [0.29, 0.717) is 10.8 Å². The number of benzene rings is 1. The van der Waals surface area contributed by atoms with E-state index in [1.165, 1.54) is 0 Å². The van der Waals surface area contributed by atoms with Gasteiger partial charge in [-0.15, -0.1) is 0 Å². The van der Waals surface area contributed by atoms with E-state index in [1.807, 2.05) is 0 Å². The summed E-state index contributed by atoms with van der Waals surface area (Å²) in [5.41, 5.74) is 0.720. The van der Waals surface area contributed by atoms with Crippen LogP contribution in [-0.4, -0.2) is 12.2 Å². The third kappa shape index (κ3) is 1.90. The van der Waals surface area contributed by atoms with Crippen molar-refractivity contribution >= 4 is 11.6 Å². The van der Waals surface area contributed by atoms with Gasteiger partial charge in [-0.3, -0.25) is 0 Å². The van der Waals surface area contributed by atoms with Crippen LogP contribution >= 0.6 is 11.6 Å². The van der Waals surface area contributed by atoms with Crippen molar-refractivity contribution in [3.05, 3.63) is 28.8 Å². The lowest BCUT2D eigenvalue weighted by Crippen LogP contribution is -1.92. The summed E-state index contributed by atoms with van der Waals surface area (Å²) in [5, 5.41) is 9.77. The molecule has 0 aliphatic carbocycles. The lowest BCUT2D eigenvalue weighted by atomic mass is 10.1. The molecule has 0 bridgehead atoms. The number of hydrogen-bond acceptors (Lipinski definition) is 2. The molecule has 0 aliphatic rings. The number of hydrogen-bond donors (Lipinski definition) is 1. The molecule has 0 radical (unpaired) electrons. The third-order valence-corrected chi connectivity index (χ3v) is 1.99. The summed E-state index contributed by atoms with van der Waals surface area (Å²) in [6.45, 7) is 1.67. The van der Waals surface area contributed by atoms with E-state index < -0.39 is 6.10 Å². The summed E-state index contributed by atoms with van der Waals surface area (Å²) < 4.78 is 4.96. The van der Waals surface area contributed by atoms with Crippen molar-refractivity contribution in [3.63, 3.8) is 0 Å². The number of methoxy groups -OCH3 is 1. The summed E-state index contributed by atoms with van der Waals surface area (Å²) in [5.74, 6) is 0.699. The van der Waals surface area contributed by atoms with Gasteiger partial charge >= 0.3 is 0 Å². The molecule has 0 saturated carbocycles. The lowest BCUT2D eigenvalue weighted by Gasteiger charge is -2.08. The van der Waals surface area contributed by atoms with Crippen LogP contribution < -0.4 is 4.74 Å². The van der Waals surface area contributed by atoms with Gasteiger partial charge in [0.15, 0.2) is 0 Å². The maximum absolute atomic E-state index is 9.24. The van der Waals surface area contributed by atoms with Gasteiger partial charge < -0.3 is 9.84 Å². The minimum Gasteiger partial charge on any atom is -0.497 e. The van der Waals surface area contributed by atoms with Crippen LogP contribution in [0.3, 0.4) is 0 Å². The van der Waals surface area contributed by atoms with E-state index in [9.17, 15) is 5.11 Å². The molecule has 66 valence electrons. The highest BCUT2D eigenvalue weighted by Gasteiger charge is 2.06. The Labute approximate surface area is 76.7 Å². The average Bonchev–Trinajstić information content (AvgIpc) is 2.03. The second-order valence-electron chi connectivity index (χ2n) is 2.56. The molecule has 1 aromatic carbocycles. The maximum Gasteiger partial charge on any atom is 0.120 e. The van der Waals surface area contributed by atoms with Crippen LogP contribution in [0.1, 0.15) is 18.6 Å². The van der Waals surface area contributed by atoms with E-state index in [1.54, 1.807) is 32.2 Å². The molecular weight excluding hydrogens is 176 g/mol. The van der Waals surface area contributed by atoms with Gasteiger partial charge in [-0.1, -0.05) is 17.7 Å². The summed E-state index contributed by atoms with van der Waals surface area (Å²) in [7, 11) is 1.58. The molecule has 1 N–H and O–H groups in total. The summed E-state index contributed by atoms with van der Waals surface area (Å²) in [6, 6.07) is 5.21. The number of halogens is 1. The highest BCUT2D eigenvalue weighted by molar-refractivity contribution is 6.31. The Hall–Kier alpha value is -0.730. The smallest absolute Gasteiger partial charge is 0.120 e. The van der Waals surface area contributed by atoms with Gasteiger partial charge in [0.05, 0.1) is 18.2 Å². The normalized spacial score (nSPS) is 12.7. The first-order valence-corrected chi connectivity index (χ1v) is 4.04. The van der Waals surface area contributed by atoms with Crippen LogP contribution in [0.2, 0.25) is 5.02 Å². The van der Waals surface area contributed by atoms with Crippen LogP contribution in [0.25, 0.3) is 0 Å². The van der Waals surface area contributed by atoms with Crippen molar-refractivity contribution in [2.24, 2.45) is 0 Å². The lowest BCUT2D eigenvalue weighted by molar-refractivity contribution is 0.199. The van der Waals surface area contributed by atoms with Crippen molar-refractivity contribution in [1.82, 2.24) is 0 Å². The van der Waals surface area contributed by atoms with Crippen molar-refractivity contribution in [3.8, 4) is 5.75 Å². The fourth-order valence-corrected chi connectivity index (χ4v) is 1.30. The third-order valence-electron chi connectivity index (χ3n) is 1.66. The average molecular weight is 187 g/mol. The molecule has 1 unspecified atom stereocenters. The zero-order valence-corrected chi connectivity index (χ0v) is 7.80. The molecule has 0 amide bonds. The molecular formula is C9H11ClO2. The van der Waals surface area contributed by atoms with Crippen LogP contribution in [0, 0.1) is 0 Å².